The van der Waals surface area contributed by atoms with E-state index in [4.69, 9.17) is 0 Å². The predicted molar refractivity (Wildman–Crippen MR) is 64.2 cm³/mol. The van der Waals surface area contributed by atoms with E-state index in [1.165, 1.54) is 10.4 Å². The van der Waals surface area contributed by atoms with Crippen LogP contribution in [0.5, 0.6) is 0 Å². The zero-order valence-electron chi connectivity index (χ0n) is 9.10. The van der Waals surface area contributed by atoms with Crippen molar-refractivity contribution in [1.82, 2.24) is 10.6 Å². The van der Waals surface area contributed by atoms with Gasteiger partial charge in [0.15, 0.2) is 0 Å². The van der Waals surface area contributed by atoms with Crippen LogP contribution in [0.2, 0.25) is 0 Å². The van der Waals surface area contributed by atoms with E-state index in [2.05, 4.69) is 35.9 Å². The van der Waals surface area contributed by atoms with Crippen LogP contribution in [0.25, 0.3) is 0 Å². The summed E-state index contributed by atoms with van der Waals surface area (Å²) in [5, 5.41) is 8.89. The van der Waals surface area contributed by atoms with Crippen LogP contribution in [0.3, 0.4) is 0 Å². The predicted octanol–water partition coefficient (Wildman–Crippen LogP) is 1.80. The monoisotopic (exact) mass is 212 g/mol. The molecule has 0 bridgehead atoms. The van der Waals surface area contributed by atoms with Gasteiger partial charge in [-0.25, -0.2) is 0 Å². The minimum absolute atomic E-state index is 1.06. The average Bonchev–Trinajstić information content (AvgIpc) is 2.58. The normalized spacial score (nSPS) is 10.7. The average molecular weight is 212 g/mol. The van der Waals surface area contributed by atoms with Gasteiger partial charge in [0, 0.05) is 24.5 Å². The van der Waals surface area contributed by atoms with Gasteiger partial charge >= 0.3 is 0 Å². The topological polar surface area (TPSA) is 24.1 Å². The van der Waals surface area contributed by atoms with Gasteiger partial charge in [0.05, 0.1) is 0 Å². The zero-order valence-corrected chi connectivity index (χ0v) is 9.91. The summed E-state index contributed by atoms with van der Waals surface area (Å²) in [5.74, 6) is 0. The van der Waals surface area contributed by atoms with Gasteiger partial charge < -0.3 is 10.6 Å². The molecule has 1 heterocycles. The third kappa shape index (κ3) is 4.22. The number of likely N-dealkylation sites (N-methyl/N-ethyl adjacent to an activating group) is 1. The summed E-state index contributed by atoms with van der Waals surface area (Å²) in [6.45, 7) is 8.61. The Bertz CT molecular complexity index is 245. The van der Waals surface area contributed by atoms with Crippen LogP contribution in [-0.2, 0) is 6.42 Å². The molecule has 0 atom stereocenters. The lowest BCUT2D eigenvalue weighted by atomic mass is 10.2. The number of thiophene rings is 1. The smallest absolute Gasteiger partial charge is 0.00870 e. The first-order chi connectivity index (χ1) is 6.84. The van der Waals surface area contributed by atoms with E-state index < -0.39 is 0 Å². The van der Waals surface area contributed by atoms with Crippen molar-refractivity contribution in [2.24, 2.45) is 0 Å². The molecule has 1 aromatic heterocycles. The zero-order chi connectivity index (χ0) is 10.2. The Labute approximate surface area is 90.7 Å². The standard InChI is InChI=1S/C11H20N2S/c1-3-12-7-8-13-6-4-11-10(2)5-9-14-11/h5,9,12-13H,3-4,6-8H2,1-2H3. The number of hydrogen-bond acceptors (Lipinski definition) is 3. The molecule has 2 nitrogen and oxygen atoms in total. The Hall–Kier alpha value is -0.380. The highest BCUT2D eigenvalue weighted by Crippen LogP contribution is 2.15. The van der Waals surface area contributed by atoms with Gasteiger partial charge in [0.2, 0.25) is 0 Å². The van der Waals surface area contributed by atoms with Crippen molar-refractivity contribution in [1.29, 1.82) is 0 Å². The molecule has 14 heavy (non-hydrogen) atoms. The maximum atomic E-state index is 3.43. The molecule has 0 aliphatic heterocycles. The van der Waals surface area contributed by atoms with E-state index in [0.717, 1.165) is 32.6 Å². The van der Waals surface area contributed by atoms with Gasteiger partial charge in [-0.15, -0.1) is 11.3 Å². The van der Waals surface area contributed by atoms with E-state index in [9.17, 15) is 0 Å². The SMILES string of the molecule is CCNCCNCCc1sccc1C. The molecule has 0 saturated carbocycles. The minimum atomic E-state index is 1.06. The van der Waals surface area contributed by atoms with Crippen LogP contribution >= 0.6 is 11.3 Å². The maximum absolute atomic E-state index is 3.43. The number of nitrogens with one attached hydrogen (secondary N) is 2. The van der Waals surface area contributed by atoms with Crippen LogP contribution in [0.15, 0.2) is 11.4 Å². The molecule has 0 fully saturated rings. The largest absolute Gasteiger partial charge is 0.316 e. The molecule has 0 amide bonds. The lowest BCUT2D eigenvalue weighted by Gasteiger charge is -2.04. The van der Waals surface area contributed by atoms with Crippen molar-refractivity contribution in [3.8, 4) is 0 Å². The van der Waals surface area contributed by atoms with Gasteiger partial charge in [-0.3, -0.25) is 0 Å². The Balaban J connectivity index is 2.02. The minimum Gasteiger partial charge on any atom is -0.316 e. The van der Waals surface area contributed by atoms with Crippen molar-refractivity contribution in [2.45, 2.75) is 20.3 Å². The van der Waals surface area contributed by atoms with E-state index in [1.807, 2.05) is 11.3 Å². The highest BCUT2D eigenvalue weighted by Gasteiger charge is 1.98. The highest BCUT2D eigenvalue weighted by atomic mass is 32.1. The Morgan fingerprint density at radius 1 is 1.21 bits per heavy atom. The summed E-state index contributed by atoms with van der Waals surface area (Å²) in [6.07, 6.45) is 1.16. The molecule has 2 N–H and O–H groups in total. The summed E-state index contributed by atoms with van der Waals surface area (Å²) in [5.41, 5.74) is 1.43. The molecule has 0 radical (unpaired) electrons. The lowest BCUT2D eigenvalue weighted by Crippen LogP contribution is -2.28. The number of hydrogen-bond donors (Lipinski definition) is 2. The molecule has 0 unspecified atom stereocenters. The maximum Gasteiger partial charge on any atom is 0.00870 e. The van der Waals surface area contributed by atoms with Crippen molar-refractivity contribution >= 4 is 11.3 Å². The third-order valence-corrected chi connectivity index (χ3v) is 3.31. The first-order valence-electron chi connectivity index (χ1n) is 5.29. The first kappa shape index (κ1) is 11.7. The molecular weight excluding hydrogens is 192 g/mol. The van der Waals surface area contributed by atoms with E-state index >= 15 is 0 Å². The van der Waals surface area contributed by atoms with Crippen LogP contribution in [-0.4, -0.2) is 26.2 Å². The molecule has 3 heteroatoms. The fourth-order valence-corrected chi connectivity index (χ4v) is 2.25. The fourth-order valence-electron chi connectivity index (χ4n) is 1.34. The fraction of sp³-hybridized carbons (Fsp3) is 0.636. The molecule has 0 saturated heterocycles. The molecule has 0 aliphatic rings. The van der Waals surface area contributed by atoms with Gasteiger partial charge in [-0.05, 0) is 36.9 Å². The van der Waals surface area contributed by atoms with Crippen LogP contribution in [0.4, 0.5) is 0 Å². The summed E-state index contributed by atoms with van der Waals surface area (Å²) in [4.78, 5) is 1.51. The highest BCUT2D eigenvalue weighted by molar-refractivity contribution is 7.10. The van der Waals surface area contributed by atoms with Crippen molar-refractivity contribution in [3.63, 3.8) is 0 Å². The Kier molecular flexibility index (Phi) is 5.83. The van der Waals surface area contributed by atoms with Gasteiger partial charge in [0.1, 0.15) is 0 Å². The third-order valence-electron chi connectivity index (χ3n) is 2.23. The number of rotatable bonds is 7. The summed E-state index contributed by atoms with van der Waals surface area (Å²) in [6, 6.07) is 2.19. The van der Waals surface area contributed by atoms with Crippen molar-refractivity contribution in [3.05, 3.63) is 21.9 Å². The summed E-state index contributed by atoms with van der Waals surface area (Å²) >= 11 is 1.86. The second-order valence-electron chi connectivity index (χ2n) is 3.38. The van der Waals surface area contributed by atoms with Gasteiger partial charge in [0.25, 0.3) is 0 Å². The molecule has 80 valence electrons. The van der Waals surface area contributed by atoms with E-state index in [0.29, 0.717) is 0 Å². The van der Waals surface area contributed by atoms with Gasteiger partial charge in [-0.1, -0.05) is 6.92 Å². The quantitative estimate of drug-likeness (QED) is 0.674. The van der Waals surface area contributed by atoms with Crippen LogP contribution in [0, 0.1) is 6.92 Å². The Morgan fingerprint density at radius 2 is 2.00 bits per heavy atom. The molecule has 0 aromatic carbocycles. The second-order valence-corrected chi connectivity index (χ2v) is 4.38. The van der Waals surface area contributed by atoms with Crippen molar-refractivity contribution < 1.29 is 0 Å². The molecular formula is C11H20N2S. The lowest BCUT2D eigenvalue weighted by molar-refractivity contribution is 0.626. The van der Waals surface area contributed by atoms with Gasteiger partial charge in [-0.2, -0.15) is 0 Å². The van der Waals surface area contributed by atoms with E-state index in [1.54, 1.807) is 0 Å². The van der Waals surface area contributed by atoms with Crippen LogP contribution in [0.1, 0.15) is 17.4 Å². The summed E-state index contributed by atoms with van der Waals surface area (Å²) in [7, 11) is 0. The first-order valence-corrected chi connectivity index (χ1v) is 6.17. The van der Waals surface area contributed by atoms with E-state index in [-0.39, 0.29) is 0 Å². The molecule has 0 spiro atoms. The molecule has 0 aliphatic carbocycles. The molecule has 1 aromatic rings. The molecule has 1 rings (SSSR count). The second kappa shape index (κ2) is 6.98. The Morgan fingerprint density at radius 3 is 2.64 bits per heavy atom. The number of aryl methyl sites for hydroxylation is 1. The van der Waals surface area contributed by atoms with Crippen molar-refractivity contribution in [2.75, 3.05) is 26.2 Å². The summed E-state index contributed by atoms with van der Waals surface area (Å²) < 4.78 is 0. The van der Waals surface area contributed by atoms with Crippen LogP contribution < -0.4 is 10.6 Å².